The molecule has 1 N–H and O–H groups in total. The van der Waals surface area contributed by atoms with Gasteiger partial charge in [0.15, 0.2) is 0 Å². The van der Waals surface area contributed by atoms with Crippen LogP contribution in [0.25, 0.3) is 0 Å². The number of morpholine rings is 1. The third-order valence-corrected chi connectivity index (χ3v) is 4.96. The molecule has 0 spiro atoms. The van der Waals surface area contributed by atoms with Gasteiger partial charge in [-0.2, -0.15) is 5.10 Å². The zero-order chi connectivity index (χ0) is 15.4. The largest absolute Gasteiger partial charge is 0.379 e. The van der Waals surface area contributed by atoms with E-state index >= 15 is 0 Å². The van der Waals surface area contributed by atoms with Gasteiger partial charge in [-0.3, -0.25) is 14.8 Å². The number of hydrogen-bond donors (Lipinski definition) is 1. The Labute approximate surface area is 131 Å². The first kappa shape index (κ1) is 15.4. The molecular formula is C15H25N5O2. The lowest BCUT2D eigenvalue weighted by atomic mass is 9.79. The third kappa shape index (κ3) is 3.15. The molecule has 0 unspecified atom stereocenters. The number of nitrogens with zero attached hydrogens (tertiary/aromatic N) is 4. The van der Waals surface area contributed by atoms with Crippen molar-refractivity contribution in [1.82, 2.24) is 25.0 Å². The summed E-state index contributed by atoms with van der Waals surface area (Å²) in [6.07, 6.45) is 7.46. The molecule has 7 heteroatoms. The fourth-order valence-corrected chi connectivity index (χ4v) is 3.82. The van der Waals surface area contributed by atoms with E-state index in [1.165, 1.54) is 25.6 Å². The molecule has 1 aromatic heterocycles. The van der Waals surface area contributed by atoms with Crippen LogP contribution in [-0.4, -0.2) is 76.3 Å². The van der Waals surface area contributed by atoms with Crippen molar-refractivity contribution >= 4 is 5.91 Å². The van der Waals surface area contributed by atoms with E-state index < -0.39 is 0 Å². The minimum Gasteiger partial charge on any atom is -0.379 e. The summed E-state index contributed by atoms with van der Waals surface area (Å²) in [6.45, 7) is 4.25. The van der Waals surface area contributed by atoms with Crippen LogP contribution in [0.3, 0.4) is 0 Å². The number of rotatable bonds is 4. The van der Waals surface area contributed by atoms with Crippen LogP contribution < -0.4 is 0 Å². The summed E-state index contributed by atoms with van der Waals surface area (Å²) in [5.41, 5.74) is 0.0897. The number of H-pyrrole nitrogens is 1. The molecular weight excluding hydrogens is 282 g/mol. The van der Waals surface area contributed by atoms with Gasteiger partial charge in [-0.25, -0.2) is 4.98 Å². The first-order chi connectivity index (χ1) is 10.7. The summed E-state index contributed by atoms with van der Waals surface area (Å²) in [5, 5.41) is 6.43. The van der Waals surface area contributed by atoms with Gasteiger partial charge >= 0.3 is 0 Å². The summed E-state index contributed by atoms with van der Waals surface area (Å²) >= 11 is 0. The highest BCUT2D eigenvalue weighted by Gasteiger charge is 2.40. The molecule has 1 aromatic rings. The second kappa shape index (κ2) is 6.75. The van der Waals surface area contributed by atoms with Crippen molar-refractivity contribution < 1.29 is 9.53 Å². The number of carbonyl (C=O) groups is 1. The Hall–Kier alpha value is -1.47. The topological polar surface area (TPSA) is 74.3 Å². The van der Waals surface area contributed by atoms with Crippen LogP contribution in [0.15, 0.2) is 6.33 Å². The summed E-state index contributed by atoms with van der Waals surface area (Å²) in [4.78, 5) is 20.8. The average Bonchev–Trinajstić information content (AvgIpc) is 3.10. The molecule has 1 aliphatic heterocycles. The lowest BCUT2D eigenvalue weighted by Gasteiger charge is -2.49. The SMILES string of the molecule is CN(CC1(N2CCOCC2)CCCCC1)C(=O)c1ncn[nH]1. The lowest BCUT2D eigenvalue weighted by Crippen LogP contribution is -2.59. The molecule has 2 heterocycles. The van der Waals surface area contributed by atoms with E-state index in [0.717, 1.165) is 45.7 Å². The van der Waals surface area contributed by atoms with Gasteiger partial charge in [0, 0.05) is 32.2 Å². The van der Waals surface area contributed by atoms with Crippen LogP contribution in [-0.2, 0) is 4.74 Å². The number of hydrogen-bond acceptors (Lipinski definition) is 5. The second-order valence-electron chi connectivity index (χ2n) is 6.38. The Morgan fingerprint density at radius 3 is 2.73 bits per heavy atom. The van der Waals surface area contributed by atoms with E-state index in [4.69, 9.17) is 4.74 Å². The summed E-state index contributed by atoms with van der Waals surface area (Å²) in [5.74, 6) is 0.228. The quantitative estimate of drug-likeness (QED) is 0.895. The van der Waals surface area contributed by atoms with Crippen molar-refractivity contribution in [2.24, 2.45) is 0 Å². The van der Waals surface area contributed by atoms with Gasteiger partial charge in [-0.15, -0.1) is 0 Å². The maximum absolute atomic E-state index is 12.5. The molecule has 22 heavy (non-hydrogen) atoms. The summed E-state index contributed by atoms with van der Waals surface area (Å²) in [6, 6.07) is 0. The van der Waals surface area contributed by atoms with Crippen molar-refractivity contribution in [2.75, 3.05) is 39.9 Å². The smallest absolute Gasteiger partial charge is 0.290 e. The van der Waals surface area contributed by atoms with Crippen LogP contribution in [0.2, 0.25) is 0 Å². The van der Waals surface area contributed by atoms with Gasteiger partial charge < -0.3 is 9.64 Å². The minimum absolute atomic E-state index is 0.0873. The van der Waals surface area contributed by atoms with E-state index in [1.807, 2.05) is 7.05 Å². The number of ether oxygens (including phenoxy) is 1. The molecule has 1 aliphatic carbocycles. The normalized spacial score (nSPS) is 22.4. The van der Waals surface area contributed by atoms with Crippen LogP contribution >= 0.6 is 0 Å². The van der Waals surface area contributed by atoms with Crippen molar-refractivity contribution in [3.05, 3.63) is 12.2 Å². The number of aromatic nitrogens is 3. The molecule has 2 fully saturated rings. The summed E-state index contributed by atoms with van der Waals surface area (Å²) < 4.78 is 5.50. The van der Waals surface area contributed by atoms with E-state index in [0.29, 0.717) is 5.82 Å². The Bertz CT molecular complexity index is 478. The lowest BCUT2D eigenvalue weighted by molar-refractivity contribution is -0.0460. The van der Waals surface area contributed by atoms with Gasteiger partial charge in [0.2, 0.25) is 5.82 Å². The monoisotopic (exact) mass is 307 g/mol. The minimum atomic E-state index is -0.0873. The zero-order valence-corrected chi connectivity index (χ0v) is 13.3. The second-order valence-corrected chi connectivity index (χ2v) is 6.38. The Morgan fingerprint density at radius 1 is 1.36 bits per heavy atom. The van der Waals surface area contributed by atoms with Crippen LogP contribution in [0.5, 0.6) is 0 Å². The van der Waals surface area contributed by atoms with Crippen LogP contribution in [0.1, 0.15) is 42.7 Å². The van der Waals surface area contributed by atoms with Crippen molar-refractivity contribution in [3.8, 4) is 0 Å². The van der Waals surface area contributed by atoms with Gasteiger partial charge in [0.05, 0.1) is 13.2 Å². The molecule has 1 saturated carbocycles. The molecule has 7 nitrogen and oxygen atoms in total. The van der Waals surface area contributed by atoms with E-state index in [1.54, 1.807) is 4.90 Å². The first-order valence-corrected chi connectivity index (χ1v) is 8.15. The number of likely N-dealkylation sites (N-methyl/N-ethyl adjacent to an activating group) is 1. The van der Waals surface area contributed by atoms with E-state index in [9.17, 15) is 4.79 Å². The number of aromatic amines is 1. The Morgan fingerprint density at radius 2 is 2.09 bits per heavy atom. The van der Waals surface area contributed by atoms with E-state index in [2.05, 4.69) is 20.1 Å². The van der Waals surface area contributed by atoms with Gasteiger partial charge in [-0.1, -0.05) is 19.3 Å². The first-order valence-electron chi connectivity index (χ1n) is 8.15. The number of amides is 1. The fourth-order valence-electron chi connectivity index (χ4n) is 3.82. The highest BCUT2D eigenvalue weighted by atomic mass is 16.5. The van der Waals surface area contributed by atoms with Gasteiger partial charge in [0.1, 0.15) is 6.33 Å². The molecule has 2 aliphatic rings. The fraction of sp³-hybridized carbons (Fsp3) is 0.800. The molecule has 0 bridgehead atoms. The molecule has 0 radical (unpaired) electrons. The standard InChI is InChI=1S/C15H25N5O2/c1-19(14(21)13-16-12-17-18-13)11-15(5-3-2-4-6-15)20-7-9-22-10-8-20/h12H,2-11H2,1H3,(H,16,17,18). The Kier molecular flexibility index (Phi) is 4.73. The highest BCUT2D eigenvalue weighted by molar-refractivity contribution is 5.90. The Balaban J connectivity index is 1.73. The van der Waals surface area contributed by atoms with Gasteiger partial charge in [-0.05, 0) is 12.8 Å². The zero-order valence-electron chi connectivity index (χ0n) is 13.3. The molecule has 122 valence electrons. The third-order valence-electron chi connectivity index (χ3n) is 4.96. The van der Waals surface area contributed by atoms with E-state index in [-0.39, 0.29) is 11.4 Å². The maximum atomic E-state index is 12.5. The predicted octanol–water partition coefficient (Wildman–Crippen LogP) is 0.912. The van der Waals surface area contributed by atoms with Crippen molar-refractivity contribution in [3.63, 3.8) is 0 Å². The highest BCUT2D eigenvalue weighted by Crippen LogP contribution is 2.35. The molecule has 0 atom stereocenters. The predicted molar refractivity (Wildman–Crippen MR) is 81.6 cm³/mol. The van der Waals surface area contributed by atoms with Crippen molar-refractivity contribution in [1.29, 1.82) is 0 Å². The van der Waals surface area contributed by atoms with Crippen LogP contribution in [0, 0.1) is 0 Å². The maximum Gasteiger partial charge on any atom is 0.290 e. The van der Waals surface area contributed by atoms with Crippen molar-refractivity contribution in [2.45, 2.75) is 37.6 Å². The molecule has 1 amide bonds. The molecule has 3 rings (SSSR count). The average molecular weight is 307 g/mol. The van der Waals surface area contributed by atoms with Gasteiger partial charge in [0.25, 0.3) is 5.91 Å². The number of carbonyl (C=O) groups excluding carboxylic acids is 1. The molecule has 1 saturated heterocycles. The summed E-state index contributed by atoms with van der Waals surface area (Å²) in [7, 11) is 1.86. The number of nitrogens with one attached hydrogen (secondary N) is 1. The molecule has 0 aromatic carbocycles. The van der Waals surface area contributed by atoms with Crippen LogP contribution in [0.4, 0.5) is 0 Å².